The first-order valence-corrected chi connectivity index (χ1v) is 18.4. The van der Waals surface area contributed by atoms with Gasteiger partial charge in [-0.25, -0.2) is 9.29 Å². The van der Waals surface area contributed by atoms with Gasteiger partial charge in [-0.2, -0.15) is 0 Å². The highest BCUT2D eigenvalue weighted by Gasteiger charge is 2.24. The zero-order chi connectivity index (χ0) is 34.5. The minimum absolute atomic E-state index is 0.152. The van der Waals surface area contributed by atoms with Crippen molar-refractivity contribution in [2.45, 2.75) is 109 Å². The second-order valence-corrected chi connectivity index (χ2v) is 13.0. The molecule has 0 saturated carbocycles. The second kappa shape index (κ2) is 21.6. The second-order valence-electron chi connectivity index (χ2n) is 13.0. The first-order valence-electron chi connectivity index (χ1n) is 18.4. The first kappa shape index (κ1) is 37.5. The van der Waals surface area contributed by atoms with E-state index >= 15 is 0 Å². The smallest absolute Gasteiger partial charge is 0.258 e. The molecule has 0 unspecified atom stereocenters. The molecule has 2 amide bonds. The molecule has 1 aliphatic heterocycles. The number of allylic oxidation sites excluding steroid dienone is 1. The SMILES string of the molecule is O=C(C=Cc1ccc(OCCCCCCCCCCCCCCCCCCc2ccc(N3C(=O)C=CC3=O)cc2)cc1)c1ccc(F)cc1. The summed E-state index contributed by atoms with van der Waals surface area (Å²) in [7, 11) is 0. The van der Waals surface area contributed by atoms with E-state index in [0.717, 1.165) is 30.8 Å². The molecule has 0 atom stereocenters. The van der Waals surface area contributed by atoms with Gasteiger partial charge >= 0.3 is 0 Å². The largest absolute Gasteiger partial charge is 0.494 e. The maximum atomic E-state index is 13.0. The molecule has 3 aromatic rings. The number of ether oxygens (including phenoxy) is 1. The number of rotatable bonds is 24. The van der Waals surface area contributed by atoms with E-state index in [1.54, 1.807) is 6.08 Å². The standard InChI is InChI=1S/C43H52FNO4/c44-38-25-23-37(24-26-38)41(46)31-22-36-20-29-40(30-21-36)49-34-16-14-12-10-8-6-4-2-1-3-5-7-9-11-13-15-17-35-18-27-39(28-19-35)45-42(47)32-33-43(45)48/h18-33H,1-17,34H2. The summed E-state index contributed by atoms with van der Waals surface area (Å²) in [4.78, 5) is 37.0. The lowest BCUT2D eigenvalue weighted by Crippen LogP contribution is -2.29. The van der Waals surface area contributed by atoms with Gasteiger partial charge in [0.2, 0.25) is 0 Å². The molecule has 1 aliphatic rings. The number of halogens is 1. The summed E-state index contributed by atoms with van der Waals surface area (Å²) in [6.45, 7) is 0.722. The molecular weight excluding hydrogens is 613 g/mol. The van der Waals surface area contributed by atoms with E-state index in [4.69, 9.17) is 4.74 Å². The van der Waals surface area contributed by atoms with Crippen LogP contribution in [-0.2, 0) is 16.0 Å². The molecule has 0 spiro atoms. The third kappa shape index (κ3) is 14.0. The maximum absolute atomic E-state index is 13.0. The van der Waals surface area contributed by atoms with E-state index in [9.17, 15) is 18.8 Å². The lowest BCUT2D eigenvalue weighted by atomic mass is 10.0. The Kier molecular flexibility index (Phi) is 16.5. The Morgan fingerprint density at radius 1 is 0.592 bits per heavy atom. The number of aryl methyl sites for hydroxylation is 1. The molecule has 3 aromatic carbocycles. The van der Waals surface area contributed by atoms with Gasteiger partial charge in [-0.15, -0.1) is 0 Å². The van der Waals surface area contributed by atoms with Crippen molar-refractivity contribution in [1.29, 1.82) is 0 Å². The van der Waals surface area contributed by atoms with Gasteiger partial charge in [0.25, 0.3) is 11.8 Å². The van der Waals surface area contributed by atoms with Gasteiger partial charge < -0.3 is 4.74 Å². The molecule has 0 fully saturated rings. The number of carbonyl (C=O) groups is 3. The van der Waals surface area contributed by atoms with Crippen LogP contribution in [0.25, 0.3) is 6.08 Å². The number of hydrogen-bond acceptors (Lipinski definition) is 4. The van der Waals surface area contributed by atoms with Crippen molar-refractivity contribution in [1.82, 2.24) is 0 Å². The molecule has 260 valence electrons. The normalized spacial score (nSPS) is 12.8. The fraction of sp³-hybridized carbons (Fsp3) is 0.419. The van der Waals surface area contributed by atoms with Crippen molar-refractivity contribution in [3.8, 4) is 5.75 Å². The molecule has 0 aliphatic carbocycles. The number of benzene rings is 3. The summed E-state index contributed by atoms with van der Waals surface area (Å²) in [6, 6.07) is 21.1. The number of hydrogen-bond donors (Lipinski definition) is 0. The summed E-state index contributed by atoms with van der Waals surface area (Å²) in [5.41, 5.74) is 3.29. The van der Waals surface area contributed by atoms with Gasteiger partial charge in [0.05, 0.1) is 12.3 Å². The maximum Gasteiger partial charge on any atom is 0.258 e. The lowest BCUT2D eigenvalue weighted by molar-refractivity contribution is -0.119. The van der Waals surface area contributed by atoms with Gasteiger partial charge in [0.1, 0.15) is 11.6 Å². The number of amides is 2. The van der Waals surface area contributed by atoms with Crippen molar-refractivity contribution >= 4 is 29.4 Å². The highest BCUT2D eigenvalue weighted by atomic mass is 19.1. The number of nitrogens with zero attached hydrogens (tertiary/aromatic N) is 1. The molecule has 0 saturated heterocycles. The van der Waals surface area contributed by atoms with Crippen LogP contribution in [0.1, 0.15) is 124 Å². The van der Waals surface area contributed by atoms with Crippen molar-refractivity contribution in [3.63, 3.8) is 0 Å². The van der Waals surface area contributed by atoms with E-state index in [0.29, 0.717) is 11.3 Å². The van der Waals surface area contributed by atoms with Crippen LogP contribution >= 0.6 is 0 Å². The molecular formula is C43H52FNO4. The summed E-state index contributed by atoms with van der Waals surface area (Å²) in [5, 5.41) is 0. The van der Waals surface area contributed by atoms with Crippen LogP contribution in [0.3, 0.4) is 0 Å². The van der Waals surface area contributed by atoms with Gasteiger partial charge in [-0.1, -0.05) is 120 Å². The Morgan fingerprint density at radius 2 is 1.08 bits per heavy atom. The lowest BCUT2D eigenvalue weighted by Gasteiger charge is -2.14. The Bertz CT molecular complexity index is 1470. The van der Waals surface area contributed by atoms with Crippen LogP contribution < -0.4 is 9.64 Å². The number of carbonyl (C=O) groups excluding carboxylic acids is 3. The van der Waals surface area contributed by atoms with E-state index in [-0.39, 0.29) is 23.4 Å². The van der Waals surface area contributed by atoms with E-state index in [2.05, 4.69) is 0 Å². The average Bonchev–Trinajstić information content (AvgIpc) is 3.46. The van der Waals surface area contributed by atoms with Crippen LogP contribution in [0.15, 0.2) is 91.0 Å². The Labute approximate surface area is 292 Å². The Morgan fingerprint density at radius 3 is 1.61 bits per heavy atom. The molecule has 4 rings (SSSR count). The summed E-state index contributed by atoms with van der Waals surface area (Å²) in [6.07, 6.45) is 27.7. The van der Waals surface area contributed by atoms with Crippen molar-refractivity contribution in [2.24, 2.45) is 0 Å². The number of anilines is 1. The Balaban J connectivity index is 0.882. The van der Waals surface area contributed by atoms with E-state index in [1.807, 2.05) is 48.5 Å². The zero-order valence-electron chi connectivity index (χ0n) is 28.9. The molecule has 0 aromatic heterocycles. The minimum atomic E-state index is -0.351. The first-order chi connectivity index (χ1) is 24.0. The molecule has 6 heteroatoms. The zero-order valence-corrected chi connectivity index (χ0v) is 28.9. The molecule has 1 heterocycles. The summed E-state index contributed by atoms with van der Waals surface area (Å²) in [5.74, 6) is -0.200. The summed E-state index contributed by atoms with van der Waals surface area (Å²) >= 11 is 0. The van der Waals surface area contributed by atoms with Gasteiger partial charge in [-0.3, -0.25) is 14.4 Å². The monoisotopic (exact) mass is 665 g/mol. The highest BCUT2D eigenvalue weighted by Crippen LogP contribution is 2.21. The summed E-state index contributed by atoms with van der Waals surface area (Å²) < 4.78 is 18.9. The molecule has 49 heavy (non-hydrogen) atoms. The third-order valence-electron chi connectivity index (χ3n) is 9.07. The molecule has 5 nitrogen and oxygen atoms in total. The number of ketones is 1. The third-order valence-corrected chi connectivity index (χ3v) is 9.07. The van der Waals surface area contributed by atoms with Gasteiger partial charge in [-0.05, 0) is 85.0 Å². The molecule has 0 N–H and O–H groups in total. The Hall–Kier alpha value is -4.32. The molecule has 0 bridgehead atoms. The molecule has 0 radical (unpaired) electrons. The minimum Gasteiger partial charge on any atom is -0.494 e. The topological polar surface area (TPSA) is 63.7 Å². The van der Waals surface area contributed by atoms with Crippen molar-refractivity contribution in [3.05, 3.63) is 114 Å². The van der Waals surface area contributed by atoms with Gasteiger partial charge in [0.15, 0.2) is 5.78 Å². The fourth-order valence-electron chi connectivity index (χ4n) is 6.12. The number of imide groups is 1. The van der Waals surface area contributed by atoms with Crippen LogP contribution in [0, 0.1) is 5.82 Å². The van der Waals surface area contributed by atoms with Crippen LogP contribution in [-0.4, -0.2) is 24.2 Å². The van der Waals surface area contributed by atoms with Crippen LogP contribution in [0.5, 0.6) is 5.75 Å². The van der Waals surface area contributed by atoms with Gasteiger partial charge in [0, 0.05) is 17.7 Å². The van der Waals surface area contributed by atoms with Crippen molar-refractivity contribution in [2.75, 3.05) is 11.5 Å². The van der Waals surface area contributed by atoms with Crippen molar-refractivity contribution < 1.29 is 23.5 Å². The van der Waals surface area contributed by atoms with E-state index in [1.165, 1.54) is 149 Å². The fourth-order valence-corrected chi connectivity index (χ4v) is 6.12. The average molecular weight is 666 g/mol. The van der Waals surface area contributed by atoms with E-state index < -0.39 is 0 Å². The predicted molar refractivity (Wildman–Crippen MR) is 197 cm³/mol. The quantitative estimate of drug-likeness (QED) is 0.0413. The van der Waals surface area contributed by atoms with Crippen LogP contribution in [0.2, 0.25) is 0 Å². The number of unbranched alkanes of at least 4 members (excludes halogenated alkanes) is 15. The predicted octanol–water partition coefficient (Wildman–Crippen LogP) is 11.0. The highest BCUT2D eigenvalue weighted by molar-refractivity contribution is 6.28. The van der Waals surface area contributed by atoms with Crippen LogP contribution in [0.4, 0.5) is 10.1 Å².